The van der Waals surface area contributed by atoms with Crippen molar-refractivity contribution in [2.75, 3.05) is 46.0 Å². The molecule has 0 spiro atoms. The number of piperazine rings is 1. The molecule has 0 radical (unpaired) electrons. The maximum Gasteiger partial charge on any atom is 0.295 e. The third kappa shape index (κ3) is 5.88. The van der Waals surface area contributed by atoms with Crippen LogP contribution in [0.1, 0.15) is 27.6 Å². The largest absolute Gasteiger partial charge is 0.490 e. The number of amides is 2. The number of benzene rings is 1. The molecule has 12 nitrogen and oxygen atoms in total. The first-order valence-electron chi connectivity index (χ1n) is 11.9. The van der Waals surface area contributed by atoms with Crippen molar-refractivity contribution < 1.29 is 23.9 Å². The van der Waals surface area contributed by atoms with Crippen LogP contribution in [0.4, 0.5) is 0 Å². The summed E-state index contributed by atoms with van der Waals surface area (Å²) in [6, 6.07) is 10.3. The van der Waals surface area contributed by atoms with E-state index in [2.05, 4.69) is 20.0 Å². The van der Waals surface area contributed by atoms with Gasteiger partial charge in [-0.1, -0.05) is 23.3 Å². The smallest absolute Gasteiger partial charge is 0.295 e. The SMILES string of the molecule is C[C@@H]1CN(C(=O)c2ccccc2)CCN1C(=O)C(=O)c1c[nH]c2nccc(OCCOCCN=[N+]=[N-])c12. The number of ether oxygens (including phenoxy) is 2. The average Bonchev–Trinajstić information content (AvgIpc) is 3.37. The maximum atomic E-state index is 13.3. The van der Waals surface area contributed by atoms with Crippen LogP contribution in [0, 0.1) is 0 Å². The van der Waals surface area contributed by atoms with Crippen molar-refractivity contribution in [1.29, 1.82) is 0 Å². The first-order chi connectivity index (χ1) is 18.0. The number of hydrogen-bond donors (Lipinski definition) is 1. The normalized spacial score (nSPS) is 15.3. The fourth-order valence-corrected chi connectivity index (χ4v) is 4.24. The van der Waals surface area contributed by atoms with Crippen LogP contribution in [-0.4, -0.2) is 89.4 Å². The number of nitrogens with zero attached hydrogens (tertiary/aromatic N) is 6. The molecule has 1 aliphatic rings. The van der Waals surface area contributed by atoms with E-state index in [-0.39, 0.29) is 50.4 Å². The van der Waals surface area contributed by atoms with E-state index in [1.807, 2.05) is 25.1 Å². The molecule has 0 saturated carbocycles. The summed E-state index contributed by atoms with van der Waals surface area (Å²) in [6.45, 7) is 3.67. The zero-order chi connectivity index (χ0) is 26.2. The molecule has 0 aliphatic carbocycles. The number of fused-ring (bicyclic) bond motifs is 1. The van der Waals surface area contributed by atoms with Gasteiger partial charge in [0.25, 0.3) is 17.6 Å². The Morgan fingerprint density at radius 3 is 2.73 bits per heavy atom. The number of carbonyl (C=O) groups is 3. The minimum absolute atomic E-state index is 0.0999. The molecular formula is C25H27N7O5. The van der Waals surface area contributed by atoms with Crippen molar-refractivity contribution in [1.82, 2.24) is 19.8 Å². The van der Waals surface area contributed by atoms with Gasteiger partial charge < -0.3 is 24.3 Å². The number of H-pyrrole nitrogens is 1. The van der Waals surface area contributed by atoms with Gasteiger partial charge in [-0.05, 0) is 30.7 Å². The summed E-state index contributed by atoms with van der Waals surface area (Å²) in [6.07, 6.45) is 3.00. The van der Waals surface area contributed by atoms with Gasteiger partial charge in [0.05, 0.1) is 24.2 Å². The van der Waals surface area contributed by atoms with Crippen LogP contribution < -0.4 is 4.74 Å². The molecule has 2 aromatic heterocycles. The number of Topliss-reactive ketones (excluding diaryl/α,β-unsaturated/α-hetero) is 1. The second kappa shape index (κ2) is 12.0. The molecule has 0 unspecified atom stereocenters. The lowest BCUT2D eigenvalue weighted by atomic mass is 10.1. The Morgan fingerprint density at radius 2 is 1.97 bits per heavy atom. The van der Waals surface area contributed by atoms with Crippen LogP contribution in [-0.2, 0) is 9.53 Å². The Bertz CT molecular complexity index is 1320. The molecule has 4 rings (SSSR count). The minimum atomic E-state index is -0.676. The van der Waals surface area contributed by atoms with Crippen LogP contribution in [0.25, 0.3) is 21.5 Å². The lowest BCUT2D eigenvalue weighted by molar-refractivity contribution is -0.130. The summed E-state index contributed by atoms with van der Waals surface area (Å²) < 4.78 is 11.1. The minimum Gasteiger partial charge on any atom is -0.490 e. The standard InChI is InChI=1S/C25H27N7O5/c1-17-16-31(24(34)18-5-3-2-4-6-18)10-11-32(17)25(35)22(33)19-15-28-23-21(19)20(7-8-27-23)37-14-13-36-12-9-29-30-26/h2-8,15,17H,9-14,16H2,1H3,(H,27,28)/t17-/m1/s1. The van der Waals surface area contributed by atoms with Crippen LogP contribution in [0.5, 0.6) is 5.75 Å². The molecule has 1 fully saturated rings. The first-order valence-corrected chi connectivity index (χ1v) is 11.9. The Hall–Kier alpha value is -4.41. The highest BCUT2D eigenvalue weighted by Crippen LogP contribution is 2.28. The molecule has 1 N–H and O–H groups in total. The Kier molecular flexibility index (Phi) is 8.34. The number of aromatic amines is 1. The van der Waals surface area contributed by atoms with Crippen LogP contribution >= 0.6 is 0 Å². The van der Waals surface area contributed by atoms with E-state index in [9.17, 15) is 14.4 Å². The van der Waals surface area contributed by atoms with Crippen molar-refractivity contribution in [3.8, 4) is 5.75 Å². The molecule has 0 bridgehead atoms. The van der Waals surface area contributed by atoms with E-state index in [0.29, 0.717) is 35.4 Å². The zero-order valence-electron chi connectivity index (χ0n) is 20.4. The van der Waals surface area contributed by atoms with E-state index in [1.54, 1.807) is 23.1 Å². The van der Waals surface area contributed by atoms with Crippen LogP contribution in [0.3, 0.4) is 0 Å². The molecule has 2 amide bonds. The van der Waals surface area contributed by atoms with Crippen molar-refractivity contribution in [3.63, 3.8) is 0 Å². The summed E-state index contributed by atoms with van der Waals surface area (Å²) in [4.78, 5) is 52.4. The van der Waals surface area contributed by atoms with Crippen LogP contribution in [0.15, 0.2) is 53.9 Å². The summed E-state index contributed by atoms with van der Waals surface area (Å²) in [7, 11) is 0. The topological polar surface area (TPSA) is 154 Å². The Balaban J connectivity index is 1.41. The fraction of sp³-hybridized carbons (Fsp3) is 0.360. The predicted octanol–water partition coefficient (Wildman–Crippen LogP) is 2.82. The third-order valence-electron chi connectivity index (χ3n) is 6.05. The van der Waals surface area contributed by atoms with Crippen molar-refractivity contribution in [3.05, 3.63) is 70.4 Å². The van der Waals surface area contributed by atoms with E-state index < -0.39 is 11.7 Å². The summed E-state index contributed by atoms with van der Waals surface area (Å²) in [5.41, 5.74) is 9.46. The molecular weight excluding hydrogens is 478 g/mol. The van der Waals surface area contributed by atoms with E-state index >= 15 is 0 Å². The summed E-state index contributed by atoms with van der Waals surface area (Å²) in [5, 5.41) is 3.81. The quantitative estimate of drug-likeness (QED) is 0.112. The molecule has 3 heterocycles. The fourth-order valence-electron chi connectivity index (χ4n) is 4.24. The van der Waals surface area contributed by atoms with Gasteiger partial charge in [0.15, 0.2) is 0 Å². The molecule has 3 aromatic rings. The number of ketones is 1. The van der Waals surface area contributed by atoms with Crippen molar-refractivity contribution >= 4 is 28.6 Å². The highest BCUT2D eigenvalue weighted by molar-refractivity contribution is 6.45. The number of hydrogen-bond acceptors (Lipinski definition) is 7. The first kappa shape index (κ1) is 25.7. The van der Waals surface area contributed by atoms with Gasteiger partial charge in [0.1, 0.15) is 18.0 Å². The van der Waals surface area contributed by atoms with Gasteiger partial charge in [-0.2, -0.15) is 0 Å². The third-order valence-corrected chi connectivity index (χ3v) is 6.05. The van der Waals surface area contributed by atoms with E-state index in [1.165, 1.54) is 17.3 Å². The molecule has 192 valence electrons. The Morgan fingerprint density at radius 1 is 1.16 bits per heavy atom. The van der Waals surface area contributed by atoms with Gasteiger partial charge in [0, 0.05) is 55.1 Å². The number of aromatic nitrogens is 2. The molecule has 1 aromatic carbocycles. The number of nitrogens with one attached hydrogen (secondary N) is 1. The second-order valence-corrected chi connectivity index (χ2v) is 8.44. The highest BCUT2D eigenvalue weighted by Gasteiger charge is 2.34. The second-order valence-electron chi connectivity index (χ2n) is 8.44. The molecule has 12 heteroatoms. The van der Waals surface area contributed by atoms with Gasteiger partial charge in [-0.25, -0.2) is 4.98 Å². The van der Waals surface area contributed by atoms with E-state index in [4.69, 9.17) is 15.0 Å². The lowest BCUT2D eigenvalue weighted by Crippen LogP contribution is -2.56. The number of azide groups is 1. The summed E-state index contributed by atoms with van der Waals surface area (Å²) in [5.74, 6) is -1.02. The highest BCUT2D eigenvalue weighted by atomic mass is 16.5. The monoisotopic (exact) mass is 505 g/mol. The van der Waals surface area contributed by atoms with Gasteiger partial charge in [-0.15, -0.1) is 0 Å². The molecule has 1 atom stereocenters. The van der Waals surface area contributed by atoms with Crippen molar-refractivity contribution in [2.45, 2.75) is 13.0 Å². The maximum absolute atomic E-state index is 13.3. The summed E-state index contributed by atoms with van der Waals surface area (Å²) >= 11 is 0. The lowest BCUT2D eigenvalue weighted by Gasteiger charge is -2.39. The molecule has 37 heavy (non-hydrogen) atoms. The average molecular weight is 506 g/mol. The number of carbonyl (C=O) groups excluding carboxylic acids is 3. The van der Waals surface area contributed by atoms with Crippen LogP contribution in [0.2, 0.25) is 0 Å². The zero-order valence-corrected chi connectivity index (χ0v) is 20.4. The van der Waals surface area contributed by atoms with Gasteiger partial charge in [-0.3, -0.25) is 14.4 Å². The molecule has 1 aliphatic heterocycles. The van der Waals surface area contributed by atoms with Gasteiger partial charge in [0.2, 0.25) is 0 Å². The Labute approximate surface area is 212 Å². The van der Waals surface area contributed by atoms with Crippen molar-refractivity contribution in [2.24, 2.45) is 5.11 Å². The predicted molar refractivity (Wildman–Crippen MR) is 134 cm³/mol. The van der Waals surface area contributed by atoms with Gasteiger partial charge >= 0.3 is 0 Å². The number of pyridine rings is 1. The number of rotatable bonds is 10. The molecule has 1 saturated heterocycles. The van der Waals surface area contributed by atoms with E-state index in [0.717, 1.165) is 0 Å².